The maximum atomic E-state index is 12.8. The van der Waals surface area contributed by atoms with Crippen LogP contribution in [0.3, 0.4) is 0 Å². The van der Waals surface area contributed by atoms with Crippen molar-refractivity contribution in [3.8, 4) is 5.75 Å². The number of ketones is 2. The first-order chi connectivity index (χ1) is 21.2. The van der Waals surface area contributed by atoms with E-state index in [0.29, 0.717) is 31.7 Å². The summed E-state index contributed by atoms with van der Waals surface area (Å²) < 4.78 is 11.5. The second-order valence-corrected chi connectivity index (χ2v) is 11.7. The van der Waals surface area contributed by atoms with Crippen molar-refractivity contribution < 1.29 is 39.2 Å². The average molecular weight is 612 g/mol. The van der Waals surface area contributed by atoms with Crippen molar-refractivity contribution in [1.29, 1.82) is 0 Å². The Morgan fingerprint density at radius 3 is 2.23 bits per heavy atom. The summed E-state index contributed by atoms with van der Waals surface area (Å²) in [5.74, 6) is 0.253. The van der Waals surface area contributed by atoms with Gasteiger partial charge in [-0.3, -0.25) is 14.4 Å². The molecule has 9 nitrogen and oxygen atoms in total. The molecule has 0 spiro atoms. The Kier molecular flexibility index (Phi) is 15.0. The van der Waals surface area contributed by atoms with Crippen molar-refractivity contribution in [2.24, 2.45) is 5.92 Å². The summed E-state index contributed by atoms with van der Waals surface area (Å²) in [7, 11) is 0. The molecular formula is C35H49NO8. The summed E-state index contributed by atoms with van der Waals surface area (Å²) >= 11 is 0. The van der Waals surface area contributed by atoms with Crippen LogP contribution in [-0.2, 0) is 20.7 Å². The number of rotatable bonds is 19. The molecule has 1 aliphatic heterocycles. The van der Waals surface area contributed by atoms with Gasteiger partial charge in [0.25, 0.3) is 0 Å². The van der Waals surface area contributed by atoms with Crippen molar-refractivity contribution in [1.82, 2.24) is 4.90 Å². The fourth-order valence-corrected chi connectivity index (χ4v) is 5.31. The molecule has 44 heavy (non-hydrogen) atoms. The molecule has 3 rings (SSSR count). The third-order valence-corrected chi connectivity index (χ3v) is 8.20. The van der Waals surface area contributed by atoms with Gasteiger partial charge in [0.15, 0.2) is 5.78 Å². The number of aliphatic hydroxyl groups excluding tert-OH is 3. The van der Waals surface area contributed by atoms with Gasteiger partial charge in [0.1, 0.15) is 23.7 Å². The first-order valence-electron chi connectivity index (χ1n) is 16.0. The normalized spacial score (nSPS) is 21.5. The van der Waals surface area contributed by atoms with E-state index in [9.17, 15) is 29.7 Å². The highest BCUT2D eigenvalue weighted by atomic mass is 16.7. The highest BCUT2D eigenvalue weighted by Gasteiger charge is 2.43. The maximum Gasteiger partial charge on any atom is 0.222 e. The van der Waals surface area contributed by atoms with Crippen LogP contribution in [-0.4, -0.2) is 82.0 Å². The molecule has 5 atom stereocenters. The summed E-state index contributed by atoms with van der Waals surface area (Å²) in [5.41, 5.74) is 1.56. The van der Waals surface area contributed by atoms with Crippen LogP contribution in [0.15, 0.2) is 54.6 Å². The molecule has 0 bridgehead atoms. The van der Waals surface area contributed by atoms with Crippen LogP contribution in [0.25, 0.3) is 0 Å². The van der Waals surface area contributed by atoms with E-state index in [1.165, 1.54) is 0 Å². The monoisotopic (exact) mass is 611 g/mol. The second-order valence-electron chi connectivity index (χ2n) is 11.7. The Balaban J connectivity index is 1.42. The smallest absolute Gasteiger partial charge is 0.222 e. The van der Waals surface area contributed by atoms with Crippen LogP contribution in [0.2, 0.25) is 0 Å². The molecule has 5 unspecified atom stereocenters. The predicted octanol–water partition coefficient (Wildman–Crippen LogP) is 4.49. The summed E-state index contributed by atoms with van der Waals surface area (Å²) in [6.07, 6.45) is 2.72. The lowest BCUT2D eigenvalue weighted by Crippen LogP contribution is -2.56. The van der Waals surface area contributed by atoms with Crippen molar-refractivity contribution in [2.45, 2.75) is 103 Å². The van der Waals surface area contributed by atoms with E-state index < -0.39 is 37.1 Å². The van der Waals surface area contributed by atoms with E-state index in [4.69, 9.17) is 9.47 Å². The van der Waals surface area contributed by atoms with Gasteiger partial charge in [-0.15, -0.1) is 0 Å². The van der Waals surface area contributed by atoms with Crippen LogP contribution in [0.5, 0.6) is 5.75 Å². The van der Waals surface area contributed by atoms with Gasteiger partial charge >= 0.3 is 0 Å². The molecule has 1 amide bonds. The van der Waals surface area contributed by atoms with E-state index in [0.717, 1.165) is 49.7 Å². The number of benzene rings is 2. The predicted molar refractivity (Wildman–Crippen MR) is 167 cm³/mol. The quantitative estimate of drug-likeness (QED) is 0.156. The topological polar surface area (TPSA) is 134 Å². The SMILES string of the molecule is CCCCC(=O)N(CCCCCCC(=O)c1ccccc1)CCC(=O)Cc1ccc(OC2OC(CO)C(O)C(O)C2C)cc1. The van der Waals surface area contributed by atoms with Crippen LogP contribution < -0.4 is 4.74 Å². The molecule has 3 N–H and O–H groups in total. The zero-order valence-electron chi connectivity index (χ0n) is 26.1. The minimum absolute atomic E-state index is 0.0403. The van der Waals surface area contributed by atoms with Crippen LogP contribution >= 0.6 is 0 Å². The van der Waals surface area contributed by atoms with E-state index >= 15 is 0 Å². The highest BCUT2D eigenvalue weighted by molar-refractivity contribution is 5.95. The van der Waals surface area contributed by atoms with Crippen LogP contribution in [0, 0.1) is 5.92 Å². The summed E-state index contributed by atoms with van der Waals surface area (Å²) in [6, 6.07) is 16.4. The lowest BCUT2D eigenvalue weighted by Gasteiger charge is -2.40. The number of carbonyl (C=O) groups excluding carboxylic acids is 3. The fourth-order valence-electron chi connectivity index (χ4n) is 5.31. The lowest BCUT2D eigenvalue weighted by atomic mass is 9.92. The number of amides is 1. The Morgan fingerprint density at radius 1 is 0.841 bits per heavy atom. The summed E-state index contributed by atoms with van der Waals surface area (Å²) in [4.78, 5) is 39.8. The molecule has 2 aromatic carbocycles. The molecule has 242 valence electrons. The Morgan fingerprint density at radius 2 is 1.55 bits per heavy atom. The number of nitrogens with zero attached hydrogens (tertiary/aromatic N) is 1. The summed E-state index contributed by atoms with van der Waals surface area (Å²) in [5, 5.41) is 29.7. The largest absolute Gasteiger partial charge is 0.465 e. The fraction of sp³-hybridized carbons (Fsp3) is 0.571. The molecular weight excluding hydrogens is 562 g/mol. The van der Waals surface area contributed by atoms with Crippen molar-refractivity contribution in [3.05, 3.63) is 65.7 Å². The molecule has 0 aromatic heterocycles. The Labute approximate surface area is 261 Å². The number of Topliss-reactive ketones (excluding diaryl/α,β-unsaturated/α-hetero) is 2. The third-order valence-electron chi connectivity index (χ3n) is 8.20. The van der Waals surface area contributed by atoms with Gasteiger partial charge in [0, 0.05) is 50.3 Å². The first kappa shape index (κ1) is 35.4. The van der Waals surface area contributed by atoms with Gasteiger partial charge in [-0.1, -0.05) is 75.6 Å². The number of unbranched alkanes of at least 4 members (excludes halogenated alkanes) is 4. The highest BCUT2D eigenvalue weighted by Crippen LogP contribution is 2.28. The van der Waals surface area contributed by atoms with Crippen LogP contribution in [0.1, 0.15) is 87.6 Å². The number of hydrogen-bond donors (Lipinski definition) is 3. The Bertz CT molecular complexity index is 1150. The number of aliphatic hydroxyl groups is 3. The van der Waals surface area contributed by atoms with Gasteiger partial charge in [-0.2, -0.15) is 0 Å². The van der Waals surface area contributed by atoms with E-state index in [1.807, 2.05) is 35.2 Å². The molecule has 2 aromatic rings. The minimum Gasteiger partial charge on any atom is -0.465 e. The maximum absolute atomic E-state index is 12.8. The minimum atomic E-state index is -1.19. The standard InChI is InChI=1S/C35H49NO8/c1-3-4-15-32(40)36(21-11-6-5-10-14-30(39)27-12-8-7-9-13-27)22-20-28(38)23-26-16-18-29(19-17-26)43-35-25(2)33(41)34(42)31(24-37)44-35/h7-9,12-13,16-19,25,31,33-35,37,41-42H,3-6,10-11,14-15,20-24H2,1-2H3. The number of hydrogen-bond acceptors (Lipinski definition) is 8. The number of carbonyl (C=O) groups is 3. The van der Waals surface area contributed by atoms with Crippen molar-refractivity contribution in [2.75, 3.05) is 19.7 Å². The second kappa shape index (κ2) is 18.6. The molecule has 0 saturated carbocycles. The molecule has 1 saturated heterocycles. The van der Waals surface area contributed by atoms with Gasteiger partial charge in [-0.05, 0) is 37.0 Å². The zero-order valence-corrected chi connectivity index (χ0v) is 26.1. The molecule has 1 heterocycles. The van der Waals surface area contributed by atoms with E-state index in [2.05, 4.69) is 6.92 Å². The lowest BCUT2D eigenvalue weighted by molar-refractivity contribution is -0.256. The molecule has 0 radical (unpaired) electrons. The average Bonchev–Trinajstić information content (AvgIpc) is 3.04. The van der Waals surface area contributed by atoms with Gasteiger partial charge in [0.2, 0.25) is 12.2 Å². The van der Waals surface area contributed by atoms with Gasteiger partial charge in [0.05, 0.1) is 12.7 Å². The Hall–Kier alpha value is -3.11. The molecule has 1 fully saturated rings. The van der Waals surface area contributed by atoms with Crippen LogP contribution in [0.4, 0.5) is 0 Å². The van der Waals surface area contributed by atoms with E-state index in [1.54, 1.807) is 31.2 Å². The number of ether oxygens (including phenoxy) is 2. The molecule has 9 heteroatoms. The van der Waals surface area contributed by atoms with Crippen molar-refractivity contribution in [3.63, 3.8) is 0 Å². The van der Waals surface area contributed by atoms with Crippen molar-refractivity contribution >= 4 is 17.5 Å². The summed E-state index contributed by atoms with van der Waals surface area (Å²) in [6.45, 7) is 4.32. The third kappa shape index (κ3) is 11.1. The van der Waals surface area contributed by atoms with E-state index in [-0.39, 0.29) is 30.3 Å². The first-order valence-corrected chi connectivity index (χ1v) is 16.0. The zero-order chi connectivity index (χ0) is 31.9. The van der Waals surface area contributed by atoms with Gasteiger partial charge in [-0.25, -0.2) is 0 Å². The molecule has 0 aliphatic carbocycles. The van der Waals surface area contributed by atoms with Gasteiger partial charge < -0.3 is 29.7 Å². The molecule has 1 aliphatic rings.